The molecule has 0 N–H and O–H groups in total. The van der Waals surface area contributed by atoms with Gasteiger partial charge in [0.05, 0.1) is 18.3 Å². The molecule has 152 valence electrons. The molecule has 1 amide bonds. The molecule has 2 aliphatic rings. The standard InChI is InChI=1S/C23H25F2N3O/c1-16-6-4-5-13-27(16)15-23(29)28-22(19-7-2-3-8-20(19)25)14-21(26-28)17-9-11-18(24)12-10-17/h2-3,7-12,16,22H,4-6,13-15H2,1H3. The molecule has 4 rings (SSSR count). The average molecular weight is 397 g/mol. The Hall–Kier alpha value is -2.60. The van der Waals surface area contributed by atoms with Crippen LogP contribution in [0.1, 0.15) is 49.8 Å². The summed E-state index contributed by atoms with van der Waals surface area (Å²) in [6, 6.07) is 12.4. The quantitative estimate of drug-likeness (QED) is 0.761. The van der Waals surface area contributed by atoms with Crippen LogP contribution < -0.4 is 0 Å². The first kappa shape index (κ1) is 19.7. The smallest absolute Gasteiger partial charge is 0.257 e. The van der Waals surface area contributed by atoms with E-state index in [0.29, 0.717) is 23.7 Å². The highest BCUT2D eigenvalue weighted by Gasteiger charge is 2.35. The van der Waals surface area contributed by atoms with Gasteiger partial charge in [0, 0.05) is 18.0 Å². The Morgan fingerprint density at radius 2 is 1.86 bits per heavy atom. The SMILES string of the molecule is CC1CCCCN1CC(=O)N1N=C(c2ccc(F)cc2)CC1c1ccccc1F. The van der Waals surface area contributed by atoms with Gasteiger partial charge in [0.1, 0.15) is 11.6 Å². The maximum Gasteiger partial charge on any atom is 0.257 e. The number of halogens is 2. The van der Waals surface area contributed by atoms with E-state index in [4.69, 9.17) is 0 Å². The van der Waals surface area contributed by atoms with Crippen molar-refractivity contribution in [3.63, 3.8) is 0 Å². The van der Waals surface area contributed by atoms with Gasteiger partial charge >= 0.3 is 0 Å². The third-order valence-corrected chi connectivity index (χ3v) is 5.89. The third kappa shape index (κ3) is 4.22. The maximum absolute atomic E-state index is 14.5. The molecule has 0 bridgehead atoms. The summed E-state index contributed by atoms with van der Waals surface area (Å²) in [6.07, 6.45) is 3.74. The van der Waals surface area contributed by atoms with Gasteiger partial charge in [0.15, 0.2) is 0 Å². The minimum Gasteiger partial charge on any atom is -0.292 e. The van der Waals surface area contributed by atoms with Gasteiger partial charge in [-0.05, 0) is 50.1 Å². The van der Waals surface area contributed by atoms with Crippen molar-refractivity contribution in [3.8, 4) is 0 Å². The van der Waals surface area contributed by atoms with Gasteiger partial charge in [-0.15, -0.1) is 0 Å². The van der Waals surface area contributed by atoms with E-state index in [1.165, 1.54) is 29.6 Å². The fourth-order valence-electron chi connectivity index (χ4n) is 4.18. The number of carbonyl (C=O) groups is 1. The van der Waals surface area contributed by atoms with E-state index in [0.717, 1.165) is 24.9 Å². The molecular weight excluding hydrogens is 372 g/mol. The summed E-state index contributed by atoms with van der Waals surface area (Å²) >= 11 is 0. The summed E-state index contributed by atoms with van der Waals surface area (Å²) in [5, 5.41) is 5.99. The monoisotopic (exact) mass is 397 g/mol. The van der Waals surface area contributed by atoms with Crippen LogP contribution >= 0.6 is 0 Å². The molecule has 2 aromatic carbocycles. The summed E-state index contributed by atoms with van der Waals surface area (Å²) in [4.78, 5) is 15.4. The number of nitrogens with zero attached hydrogens (tertiary/aromatic N) is 3. The second kappa shape index (κ2) is 8.41. The summed E-state index contributed by atoms with van der Waals surface area (Å²) in [7, 11) is 0. The van der Waals surface area contributed by atoms with Gasteiger partial charge in [0.2, 0.25) is 0 Å². The van der Waals surface area contributed by atoms with Crippen LogP contribution in [-0.4, -0.2) is 40.7 Å². The molecule has 1 fully saturated rings. The Labute approximate surface area is 169 Å². The fraction of sp³-hybridized carbons (Fsp3) is 0.391. The van der Waals surface area contributed by atoms with Crippen LogP contribution in [0, 0.1) is 11.6 Å². The highest BCUT2D eigenvalue weighted by molar-refractivity contribution is 6.03. The molecule has 2 aliphatic heterocycles. The zero-order chi connectivity index (χ0) is 20.4. The lowest BCUT2D eigenvalue weighted by Gasteiger charge is -2.34. The predicted molar refractivity (Wildman–Crippen MR) is 108 cm³/mol. The van der Waals surface area contributed by atoms with E-state index >= 15 is 0 Å². The molecule has 1 saturated heterocycles. The van der Waals surface area contributed by atoms with Crippen LogP contribution in [0.5, 0.6) is 0 Å². The molecule has 2 heterocycles. The highest BCUT2D eigenvalue weighted by atomic mass is 19.1. The Kier molecular flexibility index (Phi) is 5.72. The number of likely N-dealkylation sites (tertiary alicyclic amines) is 1. The number of carbonyl (C=O) groups excluding carboxylic acids is 1. The normalized spacial score (nSPS) is 22.6. The summed E-state index contributed by atoms with van der Waals surface area (Å²) in [5.74, 6) is -0.814. The number of hydrazone groups is 1. The molecule has 6 heteroatoms. The first-order valence-electron chi connectivity index (χ1n) is 10.2. The molecule has 29 heavy (non-hydrogen) atoms. The van der Waals surface area contributed by atoms with Crippen LogP contribution in [0.4, 0.5) is 8.78 Å². The lowest BCUT2D eigenvalue weighted by atomic mass is 9.98. The van der Waals surface area contributed by atoms with Crippen LogP contribution in [0.2, 0.25) is 0 Å². The minimum atomic E-state index is -0.496. The molecule has 2 atom stereocenters. The minimum absolute atomic E-state index is 0.135. The molecule has 0 aliphatic carbocycles. The Bertz CT molecular complexity index is 913. The fourth-order valence-corrected chi connectivity index (χ4v) is 4.18. The first-order valence-corrected chi connectivity index (χ1v) is 10.2. The molecule has 0 radical (unpaired) electrons. The highest BCUT2D eigenvalue weighted by Crippen LogP contribution is 2.34. The largest absolute Gasteiger partial charge is 0.292 e. The van der Waals surface area contributed by atoms with E-state index in [2.05, 4.69) is 16.9 Å². The van der Waals surface area contributed by atoms with Crippen LogP contribution in [0.3, 0.4) is 0 Å². The average Bonchev–Trinajstić information content (AvgIpc) is 3.16. The Morgan fingerprint density at radius 1 is 1.10 bits per heavy atom. The second-order valence-electron chi connectivity index (χ2n) is 7.85. The van der Waals surface area contributed by atoms with E-state index in [9.17, 15) is 13.6 Å². The molecule has 0 spiro atoms. The van der Waals surface area contributed by atoms with Crippen LogP contribution in [-0.2, 0) is 4.79 Å². The Balaban J connectivity index is 1.62. The van der Waals surface area contributed by atoms with Gasteiger partial charge in [-0.1, -0.05) is 36.8 Å². The molecule has 0 aromatic heterocycles. The van der Waals surface area contributed by atoms with E-state index < -0.39 is 6.04 Å². The zero-order valence-electron chi connectivity index (χ0n) is 16.5. The number of hydrogen-bond acceptors (Lipinski definition) is 3. The van der Waals surface area contributed by atoms with Crippen molar-refractivity contribution in [1.29, 1.82) is 0 Å². The zero-order valence-corrected chi connectivity index (χ0v) is 16.5. The molecule has 0 saturated carbocycles. The lowest BCUT2D eigenvalue weighted by molar-refractivity contribution is -0.135. The van der Waals surface area contributed by atoms with Gasteiger partial charge in [-0.3, -0.25) is 9.69 Å². The van der Waals surface area contributed by atoms with Gasteiger partial charge in [-0.2, -0.15) is 5.10 Å². The van der Waals surface area contributed by atoms with Crippen molar-refractivity contribution >= 4 is 11.6 Å². The third-order valence-electron chi connectivity index (χ3n) is 5.89. The van der Waals surface area contributed by atoms with Crippen molar-refractivity contribution in [2.24, 2.45) is 5.10 Å². The predicted octanol–water partition coefficient (Wildman–Crippen LogP) is 4.52. The topological polar surface area (TPSA) is 35.9 Å². The number of piperidine rings is 1. The van der Waals surface area contributed by atoms with Crippen molar-refractivity contribution in [1.82, 2.24) is 9.91 Å². The van der Waals surface area contributed by atoms with Crippen molar-refractivity contribution in [3.05, 3.63) is 71.3 Å². The number of amides is 1. The lowest BCUT2D eigenvalue weighted by Crippen LogP contribution is -2.44. The summed E-state index contributed by atoms with van der Waals surface area (Å²) in [6.45, 7) is 3.30. The number of benzene rings is 2. The van der Waals surface area contributed by atoms with Gasteiger partial charge in [0.25, 0.3) is 5.91 Å². The van der Waals surface area contributed by atoms with Crippen molar-refractivity contribution < 1.29 is 13.6 Å². The van der Waals surface area contributed by atoms with E-state index in [1.807, 2.05) is 0 Å². The maximum atomic E-state index is 14.5. The molecule has 4 nitrogen and oxygen atoms in total. The second-order valence-corrected chi connectivity index (χ2v) is 7.85. The number of rotatable bonds is 4. The van der Waals surface area contributed by atoms with Gasteiger partial charge in [-0.25, -0.2) is 13.8 Å². The van der Waals surface area contributed by atoms with Crippen molar-refractivity contribution in [2.45, 2.75) is 44.7 Å². The first-order chi connectivity index (χ1) is 14.0. The van der Waals surface area contributed by atoms with E-state index in [-0.39, 0.29) is 24.1 Å². The van der Waals surface area contributed by atoms with Gasteiger partial charge < -0.3 is 0 Å². The molecule has 2 aromatic rings. The number of hydrogen-bond donors (Lipinski definition) is 0. The van der Waals surface area contributed by atoms with Crippen LogP contribution in [0.15, 0.2) is 53.6 Å². The molecular formula is C23H25F2N3O. The summed E-state index contributed by atoms with van der Waals surface area (Å²) in [5.41, 5.74) is 1.86. The van der Waals surface area contributed by atoms with Crippen molar-refractivity contribution in [2.75, 3.05) is 13.1 Å². The Morgan fingerprint density at radius 3 is 2.59 bits per heavy atom. The molecule has 2 unspecified atom stereocenters. The summed E-state index contributed by atoms with van der Waals surface area (Å²) < 4.78 is 27.8. The van der Waals surface area contributed by atoms with Crippen LogP contribution in [0.25, 0.3) is 0 Å². The van der Waals surface area contributed by atoms with E-state index in [1.54, 1.807) is 30.3 Å².